The van der Waals surface area contributed by atoms with Crippen LogP contribution in [0.4, 0.5) is 0 Å². The summed E-state index contributed by atoms with van der Waals surface area (Å²) in [5.41, 5.74) is 0.739. The predicted octanol–water partition coefficient (Wildman–Crippen LogP) is 2.87. The van der Waals surface area contributed by atoms with Crippen LogP contribution in [0.5, 0.6) is 0 Å². The second-order valence-electron chi connectivity index (χ2n) is 5.86. The number of rotatable bonds is 3. The van der Waals surface area contributed by atoms with Gasteiger partial charge in [0.25, 0.3) is 0 Å². The Morgan fingerprint density at radius 3 is 2.45 bits per heavy atom. The van der Waals surface area contributed by atoms with Gasteiger partial charge < -0.3 is 14.4 Å². The predicted molar refractivity (Wildman–Crippen MR) is 80.3 cm³/mol. The van der Waals surface area contributed by atoms with Crippen molar-refractivity contribution in [1.29, 1.82) is 0 Å². The largest absolute Gasteiger partial charge is 0.487 e. The van der Waals surface area contributed by atoms with E-state index in [-0.39, 0.29) is 17.8 Å². The van der Waals surface area contributed by atoms with Gasteiger partial charge in [0, 0.05) is 11.8 Å². The number of aliphatic hydroxyl groups is 1. The second-order valence-corrected chi connectivity index (χ2v) is 6.22. The highest BCUT2D eigenvalue weighted by Gasteiger charge is 2.49. The van der Waals surface area contributed by atoms with E-state index in [1.54, 1.807) is 12.3 Å². The van der Waals surface area contributed by atoms with Crippen LogP contribution in [0.2, 0.25) is 5.15 Å². The lowest BCUT2D eigenvalue weighted by Gasteiger charge is -2.32. The maximum Gasteiger partial charge on any atom is 0.487 e. The van der Waals surface area contributed by atoms with E-state index in [4.69, 9.17) is 26.0 Å². The summed E-state index contributed by atoms with van der Waals surface area (Å²) in [4.78, 5) is 4.02. The first-order chi connectivity index (χ1) is 9.25. The summed E-state index contributed by atoms with van der Waals surface area (Å²) in [5, 5.41) is 9.48. The fourth-order valence-electron chi connectivity index (χ4n) is 1.87. The molecule has 108 valence electrons. The van der Waals surface area contributed by atoms with Crippen molar-refractivity contribution in [2.45, 2.75) is 45.5 Å². The molecular weight excluding hydrogens is 276 g/mol. The molecule has 0 unspecified atom stereocenters. The van der Waals surface area contributed by atoms with Gasteiger partial charge in [0.05, 0.1) is 17.8 Å². The van der Waals surface area contributed by atoms with Gasteiger partial charge in [-0.3, -0.25) is 0 Å². The van der Waals surface area contributed by atoms with Gasteiger partial charge in [-0.15, -0.1) is 0 Å². The number of nitrogens with zero attached hydrogens (tertiary/aromatic N) is 1. The van der Waals surface area contributed by atoms with E-state index >= 15 is 0 Å². The molecule has 2 rings (SSSR count). The topological polar surface area (TPSA) is 51.6 Å². The molecule has 0 saturated carbocycles. The van der Waals surface area contributed by atoms with Crippen LogP contribution in [0.1, 0.15) is 38.8 Å². The molecule has 20 heavy (non-hydrogen) atoms. The Hall–Kier alpha value is -0.875. The zero-order chi connectivity index (χ0) is 15.0. The van der Waals surface area contributed by atoms with Gasteiger partial charge in [0.1, 0.15) is 5.15 Å². The number of hydrogen-bond donors (Lipinski definition) is 1. The highest BCUT2D eigenvalue weighted by molar-refractivity contribution is 6.52. The zero-order valence-electron chi connectivity index (χ0n) is 12.2. The Morgan fingerprint density at radius 2 is 1.90 bits per heavy atom. The van der Waals surface area contributed by atoms with Gasteiger partial charge >= 0.3 is 7.12 Å². The number of hydrogen-bond acceptors (Lipinski definition) is 4. The monoisotopic (exact) mass is 295 g/mol. The van der Waals surface area contributed by atoms with Gasteiger partial charge in [0.2, 0.25) is 0 Å². The molecule has 1 aliphatic heterocycles. The molecule has 1 aromatic rings. The number of halogens is 1. The van der Waals surface area contributed by atoms with Gasteiger partial charge in [-0.2, -0.15) is 0 Å². The first-order valence-electron chi connectivity index (χ1n) is 6.54. The lowest BCUT2D eigenvalue weighted by Crippen LogP contribution is -2.41. The first-order valence-corrected chi connectivity index (χ1v) is 6.92. The molecule has 1 N–H and O–H groups in total. The molecule has 0 bridgehead atoms. The highest BCUT2D eigenvalue weighted by atomic mass is 35.5. The fraction of sp³-hybridized carbons (Fsp3) is 0.500. The van der Waals surface area contributed by atoms with Crippen LogP contribution >= 0.6 is 11.6 Å². The van der Waals surface area contributed by atoms with Crippen LogP contribution in [0, 0.1) is 0 Å². The summed E-state index contributed by atoms with van der Waals surface area (Å²) in [6.45, 7) is 7.90. The van der Waals surface area contributed by atoms with Crippen LogP contribution < -0.4 is 0 Å². The molecule has 1 fully saturated rings. The molecule has 0 radical (unpaired) electrons. The number of aromatic nitrogens is 1. The second kappa shape index (κ2) is 5.49. The quantitative estimate of drug-likeness (QED) is 0.688. The maximum atomic E-state index is 9.16. The molecule has 0 amide bonds. The Kier molecular flexibility index (Phi) is 4.26. The molecule has 1 saturated heterocycles. The van der Waals surface area contributed by atoms with E-state index in [2.05, 4.69) is 4.98 Å². The van der Waals surface area contributed by atoms with Gasteiger partial charge in [-0.25, -0.2) is 4.98 Å². The van der Waals surface area contributed by atoms with Crippen LogP contribution in [-0.4, -0.2) is 28.4 Å². The molecule has 0 atom stereocenters. The zero-order valence-corrected chi connectivity index (χ0v) is 12.9. The Labute approximate surface area is 124 Å². The fourth-order valence-corrected chi connectivity index (χ4v) is 2.03. The third-order valence-electron chi connectivity index (χ3n) is 3.82. The van der Waals surface area contributed by atoms with Crippen molar-refractivity contribution < 1.29 is 14.4 Å². The molecule has 2 heterocycles. The van der Waals surface area contributed by atoms with Crippen molar-refractivity contribution in [3.8, 4) is 0 Å². The van der Waals surface area contributed by atoms with Crippen molar-refractivity contribution in [2.75, 3.05) is 0 Å². The third-order valence-corrected chi connectivity index (χ3v) is 4.16. The van der Waals surface area contributed by atoms with E-state index in [1.807, 2.05) is 39.7 Å². The lowest BCUT2D eigenvalue weighted by atomic mass is 9.89. The van der Waals surface area contributed by atoms with Crippen LogP contribution in [-0.2, 0) is 15.9 Å². The standard InChI is InChI=1S/C14H19BClNO3/c1-13(2)14(3,4)20-15(19-13)6-5-10-7-11(9-18)12(16)17-8-10/h5-8,18H,9H2,1-4H3/b6-5+. The minimum atomic E-state index is -0.395. The summed E-state index contributed by atoms with van der Waals surface area (Å²) in [7, 11) is -0.395. The van der Waals surface area contributed by atoms with Gasteiger partial charge in [-0.1, -0.05) is 23.7 Å². The molecule has 4 nitrogen and oxygen atoms in total. The van der Waals surface area contributed by atoms with E-state index < -0.39 is 7.12 Å². The van der Waals surface area contributed by atoms with Gasteiger partial charge in [-0.05, 0) is 39.3 Å². The van der Waals surface area contributed by atoms with E-state index in [1.165, 1.54) is 0 Å². The van der Waals surface area contributed by atoms with Crippen molar-refractivity contribution >= 4 is 24.8 Å². The third kappa shape index (κ3) is 3.06. The summed E-state index contributed by atoms with van der Waals surface area (Å²) in [5.74, 6) is 1.84. The molecule has 6 heteroatoms. The minimum absolute atomic E-state index is 0.135. The summed E-state index contributed by atoms with van der Waals surface area (Å²) in [6, 6.07) is 1.79. The SMILES string of the molecule is CC1(C)OB(/C=C/c2cnc(Cl)c(CO)c2)OC1(C)C. The van der Waals surface area contributed by atoms with E-state index in [0.29, 0.717) is 10.7 Å². The molecular formula is C14H19BClNO3. The smallest absolute Gasteiger partial charge is 0.400 e. The summed E-state index contributed by atoms with van der Waals surface area (Å²) >= 11 is 5.85. The lowest BCUT2D eigenvalue weighted by molar-refractivity contribution is 0.00578. The van der Waals surface area contributed by atoms with Gasteiger partial charge in [0.15, 0.2) is 0 Å². The highest BCUT2D eigenvalue weighted by Crippen LogP contribution is 2.37. The molecule has 1 aliphatic rings. The molecule has 0 spiro atoms. The maximum absolute atomic E-state index is 9.16. The summed E-state index contributed by atoms with van der Waals surface area (Å²) < 4.78 is 11.7. The summed E-state index contributed by atoms with van der Waals surface area (Å²) in [6.07, 6.45) is 3.49. The average molecular weight is 296 g/mol. The van der Waals surface area contributed by atoms with E-state index in [9.17, 15) is 0 Å². The van der Waals surface area contributed by atoms with Crippen LogP contribution in [0.25, 0.3) is 6.08 Å². The average Bonchev–Trinajstić information content (AvgIpc) is 2.57. The molecule has 1 aromatic heterocycles. The first kappa shape index (κ1) is 15.5. The normalized spacial score (nSPS) is 20.8. The Balaban J connectivity index is 2.12. The molecule has 0 aromatic carbocycles. The van der Waals surface area contributed by atoms with E-state index in [0.717, 1.165) is 5.56 Å². The van der Waals surface area contributed by atoms with Crippen molar-refractivity contribution in [2.24, 2.45) is 0 Å². The Morgan fingerprint density at radius 1 is 1.30 bits per heavy atom. The minimum Gasteiger partial charge on any atom is -0.400 e. The van der Waals surface area contributed by atoms with Crippen molar-refractivity contribution in [3.63, 3.8) is 0 Å². The van der Waals surface area contributed by atoms with Crippen molar-refractivity contribution in [1.82, 2.24) is 4.98 Å². The van der Waals surface area contributed by atoms with Crippen LogP contribution in [0.15, 0.2) is 18.2 Å². The number of pyridine rings is 1. The van der Waals surface area contributed by atoms with Crippen LogP contribution in [0.3, 0.4) is 0 Å². The number of aliphatic hydroxyl groups excluding tert-OH is 1. The Bertz CT molecular complexity index is 515. The van der Waals surface area contributed by atoms with Crippen molar-refractivity contribution in [3.05, 3.63) is 34.5 Å². The molecule has 0 aliphatic carbocycles.